The second-order valence-corrected chi connectivity index (χ2v) is 7.22. The lowest BCUT2D eigenvalue weighted by Gasteiger charge is -2.08. The fourth-order valence-corrected chi connectivity index (χ4v) is 3.53. The van der Waals surface area contributed by atoms with E-state index >= 15 is 0 Å². The van der Waals surface area contributed by atoms with Crippen LogP contribution in [0.4, 0.5) is 5.88 Å². The number of carboxylic acids is 1. The number of halogens is 1. The summed E-state index contributed by atoms with van der Waals surface area (Å²) in [7, 11) is 0. The molecule has 2 aromatic carbocycles. The molecule has 2 N–H and O–H groups in total. The van der Waals surface area contributed by atoms with Crippen molar-refractivity contribution < 1.29 is 19.2 Å². The van der Waals surface area contributed by atoms with Crippen LogP contribution in [0.1, 0.15) is 20.7 Å². The number of aromatic carboxylic acids is 1. The molecule has 0 unspecified atom stereocenters. The topological polar surface area (TPSA) is 105 Å². The van der Waals surface area contributed by atoms with E-state index in [0.29, 0.717) is 32.4 Å². The zero-order chi connectivity index (χ0) is 20.4. The predicted molar refractivity (Wildman–Crippen MR) is 109 cm³/mol. The van der Waals surface area contributed by atoms with Gasteiger partial charge >= 0.3 is 5.97 Å². The lowest BCUT2D eigenvalue weighted by molar-refractivity contribution is 0.0697. The van der Waals surface area contributed by atoms with Gasteiger partial charge in [0.25, 0.3) is 5.91 Å². The molecule has 4 rings (SSSR count). The van der Waals surface area contributed by atoms with E-state index in [0.717, 1.165) is 0 Å². The van der Waals surface area contributed by atoms with Gasteiger partial charge < -0.3 is 9.63 Å². The standard InChI is InChI=1S/C20H12ClN3O4S/c21-12-7-5-11(6-8-12)17(25)23-18-15(13-3-1-2-4-14(13)20(26)27)16(24-28-18)19-22-9-10-29-19/h1-10H,(H,23,25)(H,26,27). The summed E-state index contributed by atoms with van der Waals surface area (Å²) >= 11 is 7.19. The number of nitrogens with zero attached hydrogens (tertiary/aromatic N) is 2. The molecule has 7 nitrogen and oxygen atoms in total. The zero-order valence-electron chi connectivity index (χ0n) is 14.6. The molecular weight excluding hydrogens is 414 g/mol. The third kappa shape index (κ3) is 3.75. The van der Waals surface area contributed by atoms with Crippen molar-refractivity contribution in [1.29, 1.82) is 0 Å². The van der Waals surface area contributed by atoms with Crippen molar-refractivity contribution in [1.82, 2.24) is 10.1 Å². The molecule has 0 atom stereocenters. The third-order valence-corrected chi connectivity index (χ3v) is 5.12. The predicted octanol–water partition coefficient (Wildman–Crippen LogP) is 5.07. The summed E-state index contributed by atoms with van der Waals surface area (Å²) in [6.45, 7) is 0. The van der Waals surface area contributed by atoms with Crippen LogP contribution < -0.4 is 5.32 Å². The third-order valence-electron chi connectivity index (χ3n) is 4.09. The van der Waals surface area contributed by atoms with Crippen LogP contribution in [-0.4, -0.2) is 27.1 Å². The molecule has 0 fully saturated rings. The number of hydrogen-bond acceptors (Lipinski definition) is 6. The molecule has 0 aliphatic heterocycles. The van der Waals surface area contributed by atoms with Gasteiger partial charge in [0.15, 0.2) is 5.69 Å². The van der Waals surface area contributed by atoms with Crippen LogP contribution in [0.15, 0.2) is 64.6 Å². The van der Waals surface area contributed by atoms with Crippen LogP contribution in [0, 0.1) is 0 Å². The van der Waals surface area contributed by atoms with Gasteiger partial charge in [-0.15, -0.1) is 11.3 Å². The highest BCUT2D eigenvalue weighted by molar-refractivity contribution is 7.13. The maximum Gasteiger partial charge on any atom is 0.336 e. The molecule has 1 amide bonds. The molecule has 0 spiro atoms. The summed E-state index contributed by atoms with van der Waals surface area (Å²) < 4.78 is 5.39. The highest BCUT2D eigenvalue weighted by Crippen LogP contribution is 2.40. The molecule has 29 heavy (non-hydrogen) atoms. The summed E-state index contributed by atoms with van der Waals surface area (Å²) in [5, 5.41) is 19.1. The van der Waals surface area contributed by atoms with Crippen molar-refractivity contribution >= 4 is 40.7 Å². The van der Waals surface area contributed by atoms with Crippen molar-refractivity contribution in [3.8, 4) is 21.8 Å². The van der Waals surface area contributed by atoms with Crippen LogP contribution in [-0.2, 0) is 0 Å². The first-order chi connectivity index (χ1) is 14.0. The molecular formula is C20H12ClN3O4S. The summed E-state index contributed by atoms with van der Waals surface area (Å²) in [5.74, 6) is -1.52. The number of carbonyl (C=O) groups excluding carboxylic acids is 1. The summed E-state index contributed by atoms with van der Waals surface area (Å²) in [4.78, 5) is 28.6. The molecule has 9 heteroatoms. The van der Waals surface area contributed by atoms with Gasteiger partial charge in [0.1, 0.15) is 5.01 Å². The van der Waals surface area contributed by atoms with E-state index in [-0.39, 0.29) is 11.4 Å². The highest BCUT2D eigenvalue weighted by atomic mass is 35.5. The monoisotopic (exact) mass is 425 g/mol. The number of carboxylic acid groups (broad SMARTS) is 1. The minimum Gasteiger partial charge on any atom is -0.478 e. The summed E-state index contributed by atoms with van der Waals surface area (Å²) in [6.07, 6.45) is 1.60. The summed E-state index contributed by atoms with van der Waals surface area (Å²) in [5.41, 5.74) is 1.47. The zero-order valence-corrected chi connectivity index (χ0v) is 16.2. The number of hydrogen-bond donors (Lipinski definition) is 2. The van der Waals surface area contributed by atoms with Gasteiger partial charge in [-0.25, -0.2) is 9.78 Å². The number of thiazole rings is 1. The van der Waals surface area contributed by atoms with Crippen LogP contribution in [0.5, 0.6) is 0 Å². The number of carbonyl (C=O) groups is 2. The van der Waals surface area contributed by atoms with Gasteiger partial charge in [0.05, 0.1) is 11.1 Å². The second-order valence-electron chi connectivity index (χ2n) is 5.88. The maximum absolute atomic E-state index is 12.7. The molecule has 0 bridgehead atoms. The minimum atomic E-state index is -1.11. The van der Waals surface area contributed by atoms with E-state index in [4.69, 9.17) is 16.1 Å². The average molecular weight is 426 g/mol. The molecule has 4 aromatic rings. The van der Waals surface area contributed by atoms with E-state index in [1.165, 1.54) is 17.4 Å². The average Bonchev–Trinajstić information content (AvgIpc) is 3.38. The van der Waals surface area contributed by atoms with Crippen LogP contribution >= 0.6 is 22.9 Å². The first-order valence-electron chi connectivity index (χ1n) is 8.33. The largest absolute Gasteiger partial charge is 0.478 e. The Hall–Kier alpha value is -3.49. The Morgan fingerprint density at radius 3 is 2.55 bits per heavy atom. The summed E-state index contributed by atoms with van der Waals surface area (Å²) in [6, 6.07) is 12.8. The van der Waals surface area contributed by atoms with E-state index in [1.54, 1.807) is 54.0 Å². The quantitative estimate of drug-likeness (QED) is 0.462. The van der Waals surface area contributed by atoms with Gasteiger partial charge in [0, 0.05) is 27.7 Å². The lowest BCUT2D eigenvalue weighted by atomic mass is 9.99. The van der Waals surface area contributed by atoms with Gasteiger partial charge in [-0.05, 0) is 30.3 Å². The van der Waals surface area contributed by atoms with Crippen molar-refractivity contribution in [2.75, 3.05) is 5.32 Å². The number of benzene rings is 2. The van der Waals surface area contributed by atoms with E-state index in [1.807, 2.05) is 0 Å². The molecule has 0 radical (unpaired) electrons. The van der Waals surface area contributed by atoms with Crippen molar-refractivity contribution in [2.45, 2.75) is 0 Å². The Balaban J connectivity index is 1.82. The van der Waals surface area contributed by atoms with E-state index in [2.05, 4.69) is 15.5 Å². The number of aromatic nitrogens is 2. The minimum absolute atomic E-state index is 0.0313. The maximum atomic E-state index is 12.7. The molecule has 2 aromatic heterocycles. The van der Waals surface area contributed by atoms with Gasteiger partial charge in [-0.2, -0.15) is 0 Å². The van der Waals surface area contributed by atoms with Crippen LogP contribution in [0.2, 0.25) is 5.02 Å². The Kier molecular flexibility index (Phi) is 5.11. The lowest BCUT2D eigenvalue weighted by Crippen LogP contribution is -2.12. The van der Waals surface area contributed by atoms with Gasteiger partial charge in [-0.1, -0.05) is 35.0 Å². The van der Waals surface area contributed by atoms with Gasteiger partial charge in [-0.3, -0.25) is 10.1 Å². The Morgan fingerprint density at radius 2 is 1.86 bits per heavy atom. The number of nitrogens with one attached hydrogen (secondary N) is 1. The SMILES string of the molecule is O=C(Nc1onc(-c2nccs2)c1-c1ccccc1C(=O)O)c1ccc(Cl)cc1. The van der Waals surface area contributed by atoms with E-state index in [9.17, 15) is 14.7 Å². The van der Waals surface area contributed by atoms with Crippen molar-refractivity contribution in [2.24, 2.45) is 0 Å². The smallest absolute Gasteiger partial charge is 0.336 e. The highest BCUT2D eigenvalue weighted by Gasteiger charge is 2.26. The van der Waals surface area contributed by atoms with Crippen molar-refractivity contribution in [3.05, 3.63) is 76.3 Å². The Labute approximate surface area is 173 Å². The molecule has 144 valence electrons. The fourth-order valence-electron chi connectivity index (χ4n) is 2.78. The Morgan fingerprint density at radius 1 is 1.10 bits per heavy atom. The van der Waals surface area contributed by atoms with E-state index < -0.39 is 11.9 Å². The number of anilines is 1. The first-order valence-corrected chi connectivity index (χ1v) is 9.59. The molecule has 0 aliphatic rings. The molecule has 0 saturated heterocycles. The molecule has 2 heterocycles. The molecule has 0 saturated carbocycles. The fraction of sp³-hybridized carbons (Fsp3) is 0. The van der Waals surface area contributed by atoms with Crippen molar-refractivity contribution in [3.63, 3.8) is 0 Å². The first kappa shape index (κ1) is 18.9. The van der Waals surface area contributed by atoms with Crippen LogP contribution in [0.25, 0.3) is 21.8 Å². The normalized spacial score (nSPS) is 10.7. The molecule has 0 aliphatic carbocycles. The van der Waals surface area contributed by atoms with Crippen LogP contribution in [0.3, 0.4) is 0 Å². The Bertz CT molecular complexity index is 1190. The number of amides is 1. The van der Waals surface area contributed by atoms with Gasteiger partial charge in [0.2, 0.25) is 5.88 Å². The number of rotatable bonds is 5. The second kappa shape index (κ2) is 7.86.